The number of hydrogen-bond acceptors (Lipinski definition) is 1. The molecule has 0 aliphatic rings. The summed E-state index contributed by atoms with van der Waals surface area (Å²) in [6, 6.07) is 2.12. The molecule has 0 saturated heterocycles. The van der Waals surface area contributed by atoms with Gasteiger partial charge in [-0.15, -0.1) is 0 Å². The molecule has 0 bridgehead atoms. The highest BCUT2D eigenvalue weighted by atomic mass is 16.1. The van der Waals surface area contributed by atoms with E-state index in [1.165, 1.54) is 11.1 Å². The smallest absolute Gasteiger partial charge is 0.192 e. The SMILES string of the molecule is Cc1cc2c(c(C)c1C)c(=O)c(C)c(C)n2C. The van der Waals surface area contributed by atoms with Crippen molar-refractivity contribution in [2.24, 2.45) is 7.05 Å². The van der Waals surface area contributed by atoms with E-state index in [9.17, 15) is 4.79 Å². The summed E-state index contributed by atoms with van der Waals surface area (Å²) in [5.74, 6) is 0. The van der Waals surface area contributed by atoms with E-state index in [4.69, 9.17) is 0 Å². The van der Waals surface area contributed by atoms with Crippen molar-refractivity contribution >= 4 is 10.9 Å². The molecule has 90 valence electrons. The molecular weight excluding hydrogens is 210 g/mol. The molecule has 0 saturated carbocycles. The lowest BCUT2D eigenvalue weighted by Crippen LogP contribution is -2.16. The number of benzene rings is 1. The molecule has 0 fully saturated rings. The van der Waals surface area contributed by atoms with Gasteiger partial charge in [0.15, 0.2) is 5.43 Å². The second kappa shape index (κ2) is 3.73. The normalized spacial score (nSPS) is 11.2. The zero-order valence-electron chi connectivity index (χ0n) is 11.4. The summed E-state index contributed by atoms with van der Waals surface area (Å²) in [6.07, 6.45) is 0. The van der Waals surface area contributed by atoms with Crippen LogP contribution in [0.1, 0.15) is 27.9 Å². The van der Waals surface area contributed by atoms with Crippen LogP contribution >= 0.6 is 0 Å². The molecule has 0 atom stereocenters. The Kier molecular flexibility index (Phi) is 2.61. The lowest BCUT2D eigenvalue weighted by molar-refractivity contribution is 0.882. The van der Waals surface area contributed by atoms with Crippen molar-refractivity contribution in [2.75, 3.05) is 0 Å². The zero-order valence-corrected chi connectivity index (χ0v) is 11.4. The second-order valence-corrected chi connectivity index (χ2v) is 4.94. The van der Waals surface area contributed by atoms with E-state index in [0.29, 0.717) is 0 Å². The monoisotopic (exact) mass is 229 g/mol. The van der Waals surface area contributed by atoms with Gasteiger partial charge in [0.2, 0.25) is 0 Å². The first-order valence-corrected chi connectivity index (χ1v) is 5.93. The lowest BCUT2D eigenvalue weighted by Gasteiger charge is -2.16. The number of fused-ring (bicyclic) bond motifs is 1. The van der Waals surface area contributed by atoms with Gasteiger partial charge in [-0.05, 0) is 57.4 Å². The molecule has 2 rings (SSSR count). The minimum absolute atomic E-state index is 0.177. The van der Waals surface area contributed by atoms with E-state index < -0.39 is 0 Å². The van der Waals surface area contributed by atoms with Gasteiger partial charge in [-0.2, -0.15) is 0 Å². The van der Waals surface area contributed by atoms with Gasteiger partial charge in [0.1, 0.15) is 0 Å². The van der Waals surface area contributed by atoms with Gasteiger partial charge >= 0.3 is 0 Å². The number of nitrogens with zero attached hydrogens (tertiary/aromatic N) is 1. The van der Waals surface area contributed by atoms with Gasteiger partial charge in [-0.25, -0.2) is 0 Å². The maximum absolute atomic E-state index is 12.4. The summed E-state index contributed by atoms with van der Waals surface area (Å²) < 4.78 is 2.12. The first kappa shape index (κ1) is 11.9. The number of aryl methyl sites for hydroxylation is 3. The van der Waals surface area contributed by atoms with Gasteiger partial charge < -0.3 is 4.57 Å². The first-order valence-electron chi connectivity index (χ1n) is 5.93. The van der Waals surface area contributed by atoms with Crippen LogP contribution in [0.25, 0.3) is 10.9 Å². The van der Waals surface area contributed by atoms with Crippen molar-refractivity contribution in [1.82, 2.24) is 4.57 Å². The third-order valence-corrected chi connectivity index (χ3v) is 4.11. The van der Waals surface area contributed by atoms with E-state index in [2.05, 4.69) is 24.5 Å². The van der Waals surface area contributed by atoms with Crippen LogP contribution in [0.3, 0.4) is 0 Å². The van der Waals surface area contributed by atoms with E-state index in [1.54, 1.807) is 0 Å². The fourth-order valence-corrected chi connectivity index (χ4v) is 2.40. The average Bonchev–Trinajstić information content (AvgIpc) is 2.30. The Labute approximate surface area is 102 Å². The molecule has 0 unspecified atom stereocenters. The summed E-state index contributed by atoms with van der Waals surface area (Å²) in [5.41, 5.74) is 6.70. The molecule has 0 radical (unpaired) electrons. The Hall–Kier alpha value is -1.57. The van der Waals surface area contributed by atoms with Crippen molar-refractivity contribution in [3.05, 3.63) is 44.2 Å². The highest BCUT2D eigenvalue weighted by Gasteiger charge is 2.13. The largest absolute Gasteiger partial charge is 0.347 e. The molecule has 0 N–H and O–H groups in total. The Morgan fingerprint density at radius 1 is 0.941 bits per heavy atom. The van der Waals surface area contributed by atoms with Gasteiger partial charge in [0, 0.05) is 23.7 Å². The van der Waals surface area contributed by atoms with Crippen molar-refractivity contribution in [2.45, 2.75) is 34.6 Å². The first-order chi connectivity index (χ1) is 7.86. The number of rotatable bonds is 0. The molecule has 0 amide bonds. The molecule has 1 heterocycles. The number of pyridine rings is 1. The Bertz CT molecular complexity index is 678. The van der Waals surface area contributed by atoms with Crippen LogP contribution in [0, 0.1) is 34.6 Å². The second-order valence-electron chi connectivity index (χ2n) is 4.94. The third-order valence-electron chi connectivity index (χ3n) is 4.11. The molecule has 17 heavy (non-hydrogen) atoms. The molecule has 0 aliphatic carbocycles. The summed E-state index contributed by atoms with van der Waals surface area (Å²) in [4.78, 5) is 12.4. The van der Waals surface area contributed by atoms with Crippen molar-refractivity contribution < 1.29 is 0 Å². The summed E-state index contributed by atoms with van der Waals surface area (Å²) in [6.45, 7) is 10.1. The Morgan fingerprint density at radius 2 is 1.53 bits per heavy atom. The van der Waals surface area contributed by atoms with E-state index in [1.807, 2.05) is 27.8 Å². The summed E-state index contributed by atoms with van der Waals surface area (Å²) >= 11 is 0. The topological polar surface area (TPSA) is 22.0 Å². The summed E-state index contributed by atoms with van der Waals surface area (Å²) in [7, 11) is 2.03. The van der Waals surface area contributed by atoms with Crippen LogP contribution in [-0.4, -0.2) is 4.57 Å². The molecule has 1 aromatic heterocycles. The molecule has 0 aliphatic heterocycles. The number of aromatic nitrogens is 1. The Balaban J connectivity index is 3.18. The predicted molar refractivity (Wildman–Crippen MR) is 72.9 cm³/mol. The molecule has 0 spiro atoms. The van der Waals surface area contributed by atoms with Crippen molar-refractivity contribution in [3.8, 4) is 0 Å². The van der Waals surface area contributed by atoms with Gasteiger partial charge in [-0.3, -0.25) is 4.79 Å². The molecular formula is C15H19NO. The van der Waals surface area contributed by atoms with Crippen molar-refractivity contribution in [1.29, 1.82) is 0 Å². The van der Waals surface area contributed by atoms with Crippen molar-refractivity contribution in [3.63, 3.8) is 0 Å². The fourth-order valence-electron chi connectivity index (χ4n) is 2.40. The van der Waals surface area contributed by atoms with Crippen LogP contribution < -0.4 is 5.43 Å². The predicted octanol–water partition coefficient (Wildman–Crippen LogP) is 3.08. The van der Waals surface area contributed by atoms with Crippen LogP contribution in [0.4, 0.5) is 0 Å². The fraction of sp³-hybridized carbons (Fsp3) is 0.400. The van der Waals surface area contributed by atoms with Crippen LogP contribution in [0.2, 0.25) is 0 Å². The van der Waals surface area contributed by atoms with E-state index >= 15 is 0 Å². The minimum Gasteiger partial charge on any atom is -0.347 e. The zero-order chi connectivity index (χ0) is 12.9. The van der Waals surface area contributed by atoms with Gasteiger partial charge in [0.05, 0.1) is 5.52 Å². The van der Waals surface area contributed by atoms with Crippen LogP contribution in [0.5, 0.6) is 0 Å². The molecule has 2 aromatic rings. The van der Waals surface area contributed by atoms with Gasteiger partial charge in [-0.1, -0.05) is 0 Å². The van der Waals surface area contributed by atoms with E-state index in [0.717, 1.165) is 27.7 Å². The van der Waals surface area contributed by atoms with Crippen LogP contribution in [0.15, 0.2) is 10.9 Å². The van der Waals surface area contributed by atoms with Gasteiger partial charge in [0.25, 0.3) is 0 Å². The average molecular weight is 229 g/mol. The lowest BCUT2D eigenvalue weighted by atomic mass is 9.97. The summed E-state index contributed by atoms with van der Waals surface area (Å²) in [5, 5.41) is 0.874. The number of hydrogen-bond donors (Lipinski definition) is 0. The molecule has 1 aromatic carbocycles. The molecule has 2 nitrogen and oxygen atoms in total. The molecule has 2 heteroatoms. The maximum atomic E-state index is 12.4. The highest BCUT2D eigenvalue weighted by molar-refractivity contribution is 5.85. The maximum Gasteiger partial charge on any atom is 0.192 e. The quantitative estimate of drug-likeness (QED) is 0.680. The Morgan fingerprint density at radius 3 is 2.12 bits per heavy atom. The van der Waals surface area contributed by atoms with E-state index in [-0.39, 0.29) is 5.43 Å². The third kappa shape index (κ3) is 1.51. The minimum atomic E-state index is 0.177. The highest BCUT2D eigenvalue weighted by Crippen LogP contribution is 2.23. The van der Waals surface area contributed by atoms with Crippen LogP contribution in [-0.2, 0) is 7.05 Å². The standard InChI is InChI=1S/C15H19NO/c1-8-7-13-14(10(3)9(8)2)15(17)11(4)12(5)16(13)6/h7H,1-6H3.